The van der Waals surface area contributed by atoms with E-state index in [0.29, 0.717) is 0 Å². The van der Waals surface area contributed by atoms with Gasteiger partial charge in [-0.3, -0.25) is 0 Å². The minimum Gasteiger partial charge on any atom is -0.393 e. The Labute approximate surface area is 68.0 Å². The molecule has 4 atom stereocenters. The number of aliphatic hydroxyl groups is 1. The van der Waals surface area contributed by atoms with Crippen LogP contribution in [-0.2, 0) is 0 Å². The quantitative estimate of drug-likeness (QED) is 0.586. The van der Waals surface area contributed by atoms with Crippen LogP contribution < -0.4 is 5.32 Å². The summed E-state index contributed by atoms with van der Waals surface area (Å²) in [5.41, 5.74) is 0. The van der Waals surface area contributed by atoms with Gasteiger partial charge in [0.05, 0.1) is 6.10 Å². The second kappa shape index (κ2) is 2.76. The molecule has 0 bridgehead atoms. The minimum absolute atomic E-state index is 0.0165. The molecule has 11 heavy (non-hydrogen) atoms. The third kappa shape index (κ3) is 1.30. The van der Waals surface area contributed by atoms with Crippen LogP contribution in [0, 0.1) is 11.8 Å². The zero-order valence-corrected chi connectivity index (χ0v) is 7.09. The Kier molecular flexibility index (Phi) is 1.90. The standard InChI is InChI=1S/C9H17NO/c1-10-8-2-6-4-9(11)5-7(6)3-8/h6-11H,2-5H2,1H3/t6-,7+,8?,9?. The van der Waals surface area contributed by atoms with Gasteiger partial charge in [-0.25, -0.2) is 0 Å². The molecule has 2 aliphatic carbocycles. The summed E-state index contributed by atoms with van der Waals surface area (Å²) in [6, 6.07) is 0.734. The Morgan fingerprint density at radius 3 is 2.09 bits per heavy atom. The topological polar surface area (TPSA) is 32.3 Å². The van der Waals surface area contributed by atoms with Gasteiger partial charge in [0, 0.05) is 6.04 Å². The highest BCUT2D eigenvalue weighted by Gasteiger charge is 2.40. The molecule has 0 spiro atoms. The van der Waals surface area contributed by atoms with E-state index in [1.807, 2.05) is 7.05 Å². The van der Waals surface area contributed by atoms with Crippen LogP contribution in [0.2, 0.25) is 0 Å². The molecule has 2 aliphatic rings. The molecule has 2 unspecified atom stereocenters. The van der Waals surface area contributed by atoms with Gasteiger partial charge in [-0.05, 0) is 44.6 Å². The molecule has 0 amide bonds. The van der Waals surface area contributed by atoms with E-state index in [-0.39, 0.29) is 6.10 Å². The van der Waals surface area contributed by atoms with Crippen LogP contribution in [0.5, 0.6) is 0 Å². The summed E-state index contributed by atoms with van der Waals surface area (Å²) in [5, 5.41) is 12.7. The molecule has 2 nitrogen and oxygen atoms in total. The molecule has 2 rings (SSSR count). The Balaban J connectivity index is 1.93. The van der Waals surface area contributed by atoms with Crippen molar-refractivity contribution in [2.45, 2.75) is 37.8 Å². The maximum atomic E-state index is 9.37. The lowest BCUT2D eigenvalue weighted by Gasteiger charge is -2.09. The summed E-state index contributed by atoms with van der Waals surface area (Å²) >= 11 is 0. The van der Waals surface area contributed by atoms with Crippen molar-refractivity contribution in [1.82, 2.24) is 5.32 Å². The molecular weight excluding hydrogens is 138 g/mol. The molecule has 0 aromatic heterocycles. The summed E-state index contributed by atoms with van der Waals surface area (Å²) in [6.07, 6.45) is 4.71. The number of hydrogen-bond acceptors (Lipinski definition) is 2. The number of nitrogens with one attached hydrogen (secondary N) is 1. The van der Waals surface area contributed by atoms with Gasteiger partial charge in [0.15, 0.2) is 0 Å². The molecule has 2 N–H and O–H groups in total. The largest absolute Gasteiger partial charge is 0.393 e. The van der Waals surface area contributed by atoms with E-state index >= 15 is 0 Å². The Morgan fingerprint density at radius 1 is 1.09 bits per heavy atom. The third-order valence-electron chi connectivity index (χ3n) is 3.40. The average molecular weight is 155 g/mol. The van der Waals surface area contributed by atoms with E-state index in [0.717, 1.165) is 30.7 Å². The van der Waals surface area contributed by atoms with Gasteiger partial charge >= 0.3 is 0 Å². The number of rotatable bonds is 1. The molecule has 2 saturated carbocycles. The van der Waals surface area contributed by atoms with Gasteiger partial charge in [-0.1, -0.05) is 0 Å². The first-order valence-corrected chi connectivity index (χ1v) is 4.65. The normalized spacial score (nSPS) is 49.6. The molecule has 2 fully saturated rings. The monoisotopic (exact) mass is 155 g/mol. The van der Waals surface area contributed by atoms with Crippen molar-refractivity contribution < 1.29 is 5.11 Å². The van der Waals surface area contributed by atoms with Crippen molar-refractivity contribution in [2.24, 2.45) is 11.8 Å². The molecule has 0 radical (unpaired) electrons. The first kappa shape index (κ1) is 7.56. The summed E-state index contributed by atoms with van der Waals surface area (Å²) in [4.78, 5) is 0. The van der Waals surface area contributed by atoms with Crippen LogP contribution in [0.1, 0.15) is 25.7 Å². The van der Waals surface area contributed by atoms with E-state index < -0.39 is 0 Å². The molecule has 0 saturated heterocycles. The van der Waals surface area contributed by atoms with Crippen LogP contribution in [0.15, 0.2) is 0 Å². The molecular formula is C9H17NO. The smallest absolute Gasteiger partial charge is 0.0545 e. The van der Waals surface area contributed by atoms with Gasteiger partial charge in [-0.15, -0.1) is 0 Å². The predicted molar refractivity (Wildman–Crippen MR) is 44.3 cm³/mol. The highest BCUT2D eigenvalue weighted by atomic mass is 16.3. The SMILES string of the molecule is CNC1C[C@H]2CC(O)C[C@H]2C1. The molecule has 0 aromatic rings. The summed E-state index contributed by atoms with van der Waals surface area (Å²) in [6.45, 7) is 0. The lowest BCUT2D eigenvalue weighted by atomic mass is 10.0. The number of fused-ring (bicyclic) bond motifs is 1. The molecule has 0 aromatic carbocycles. The highest BCUT2D eigenvalue weighted by Crippen LogP contribution is 2.43. The van der Waals surface area contributed by atoms with Crippen LogP contribution in [0.25, 0.3) is 0 Å². The lowest BCUT2D eigenvalue weighted by molar-refractivity contribution is 0.170. The van der Waals surface area contributed by atoms with Crippen LogP contribution in [0.4, 0.5) is 0 Å². The first-order valence-electron chi connectivity index (χ1n) is 4.65. The van der Waals surface area contributed by atoms with Crippen LogP contribution in [-0.4, -0.2) is 24.3 Å². The minimum atomic E-state index is 0.0165. The van der Waals surface area contributed by atoms with Crippen molar-refractivity contribution in [1.29, 1.82) is 0 Å². The van der Waals surface area contributed by atoms with Gasteiger partial charge in [-0.2, -0.15) is 0 Å². The van der Waals surface area contributed by atoms with Gasteiger partial charge in [0.1, 0.15) is 0 Å². The number of aliphatic hydroxyl groups excluding tert-OH is 1. The molecule has 2 heteroatoms. The van der Waals surface area contributed by atoms with Crippen LogP contribution >= 0.6 is 0 Å². The molecule has 0 heterocycles. The zero-order valence-electron chi connectivity index (χ0n) is 7.09. The second-order valence-corrected chi connectivity index (χ2v) is 4.10. The zero-order chi connectivity index (χ0) is 7.84. The Morgan fingerprint density at radius 2 is 1.64 bits per heavy atom. The third-order valence-corrected chi connectivity index (χ3v) is 3.40. The van der Waals surface area contributed by atoms with Crippen molar-refractivity contribution in [3.63, 3.8) is 0 Å². The maximum Gasteiger partial charge on any atom is 0.0545 e. The fourth-order valence-electron chi connectivity index (χ4n) is 2.82. The van der Waals surface area contributed by atoms with Crippen molar-refractivity contribution in [3.8, 4) is 0 Å². The summed E-state index contributed by atoms with van der Waals surface area (Å²) < 4.78 is 0. The fourth-order valence-corrected chi connectivity index (χ4v) is 2.82. The van der Waals surface area contributed by atoms with E-state index in [2.05, 4.69) is 5.32 Å². The fraction of sp³-hybridized carbons (Fsp3) is 1.00. The van der Waals surface area contributed by atoms with Gasteiger partial charge in [0.2, 0.25) is 0 Å². The molecule has 0 aliphatic heterocycles. The maximum absolute atomic E-state index is 9.37. The van der Waals surface area contributed by atoms with Crippen molar-refractivity contribution in [2.75, 3.05) is 7.05 Å². The first-order chi connectivity index (χ1) is 5.29. The van der Waals surface area contributed by atoms with Crippen molar-refractivity contribution >= 4 is 0 Å². The number of hydrogen-bond donors (Lipinski definition) is 2. The average Bonchev–Trinajstić information content (AvgIpc) is 2.43. The Bertz CT molecular complexity index is 134. The van der Waals surface area contributed by atoms with Crippen molar-refractivity contribution in [3.05, 3.63) is 0 Å². The highest BCUT2D eigenvalue weighted by molar-refractivity contribution is 4.93. The van der Waals surface area contributed by atoms with E-state index in [1.54, 1.807) is 0 Å². The van der Waals surface area contributed by atoms with E-state index in [4.69, 9.17) is 0 Å². The second-order valence-electron chi connectivity index (χ2n) is 4.10. The Hall–Kier alpha value is -0.0800. The lowest BCUT2D eigenvalue weighted by Crippen LogP contribution is -2.22. The van der Waals surface area contributed by atoms with Crippen LogP contribution in [0.3, 0.4) is 0 Å². The van der Waals surface area contributed by atoms with Gasteiger partial charge in [0.25, 0.3) is 0 Å². The van der Waals surface area contributed by atoms with E-state index in [9.17, 15) is 5.11 Å². The predicted octanol–water partition coefficient (Wildman–Crippen LogP) is 0.755. The van der Waals surface area contributed by atoms with Gasteiger partial charge < -0.3 is 10.4 Å². The molecule has 64 valence electrons. The summed E-state index contributed by atoms with van der Waals surface area (Å²) in [7, 11) is 2.04. The van der Waals surface area contributed by atoms with E-state index in [1.165, 1.54) is 12.8 Å². The summed E-state index contributed by atoms with van der Waals surface area (Å²) in [5.74, 6) is 1.64.